The van der Waals surface area contributed by atoms with Gasteiger partial charge in [-0.1, -0.05) is 82.8 Å². The van der Waals surface area contributed by atoms with Gasteiger partial charge in [-0.2, -0.15) is 0 Å². The fourth-order valence-electron chi connectivity index (χ4n) is 12.9. The molecule has 5 aromatic carbocycles. The van der Waals surface area contributed by atoms with Crippen LogP contribution in [0.5, 0.6) is 57.5 Å². The van der Waals surface area contributed by atoms with Crippen molar-refractivity contribution in [2.75, 3.05) is 136 Å². The topological polar surface area (TPSA) is 210 Å². The van der Waals surface area contributed by atoms with Crippen LogP contribution in [0.1, 0.15) is 341 Å². The Morgan fingerprint density at radius 2 is 0.632 bits per heavy atom. The number of hydrogen-bond donors (Lipinski definition) is 5. The highest BCUT2D eigenvalue weighted by Crippen LogP contribution is 2.51. The van der Waals surface area contributed by atoms with Crippen LogP contribution in [-0.2, 0) is 31.9 Å². The maximum atomic E-state index is 11.6. The lowest BCUT2D eigenvalue weighted by atomic mass is 9.75. The second-order valence-corrected chi connectivity index (χ2v) is 28.6. The molecule has 5 aromatic rings. The van der Waals surface area contributed by atoms with E-state index >= 15 is 0 Å². The molecule has 0 saturated carbocycles. The lowest BCUT2D eigenvalue weighted by molar-refractivity contribution is -0.0259. The monoisotopic (exact) mass is 1700 g/mol. The quantitative estimate of drug-likeness (QED) is 0.0552. The number of hydrogen-bond acceptors (Lipinski definition) is 20. The largest absolute Gasteiger partial charge is 0.493 e. The van der Waals surface area contributed by atoms with Gasteiger partial charge in [-0.05, 0) is 270 Å². The highest BCUT2D eigenvalue weighted by Gasteiger charge is 2.45. The van der Waals surface area contributed by atoms with Crippen molar-refractivity contribution >= 4 is 0 Å². The summed E-state index contributed by atoms with van der Waals surface area (Å²) >= 11 is 0. The van der Waals surface area contributed by atoms with Gasteiger partial charge in [0.15, 0.2) is 57.5 Å². The standard InChI is InChI=1S/2C20H31NO3.3C19H29NO3/c2*1-20(2,3)11-14-12-21-7-6-13-8-18(23-4)19(24-5)9-15(13)16(21)10-17(14)22;3*1-12(2)7-14-11-20-6-5-13-8-18(22-3)19(23-4)9-15(13)16(20)10-17(14)21/h2*8-9,14,16-17,22H,6-7,10-12H2,1-5H3;3*8-9,12,14,16-17,21H,5-7,10-11H2,1-4H3/i1D3,2D3,5D3,6D2,7D2,8D,9D,10D2,11D2,12D2,14D,17D;1D3,2D3,6D2,7D2,8D,9D,10D2,11D2,12D2,14D,17D;4D3,5D2,6D2,8D,9D,10D2,11D2,14D,17D;4D3,5D2,6D2,8D,9D,11D2,16D;5D2,6D2,8D,9D,11D2,16D. The van der Waals surface area contributed by atoms with Gasteiger partial charge in [-0.3, -0.25) is 24.5 Å². The molecule has 15 rings (SSSR count). The number of rotatable bonds is 18. The molecule has 15 atom stereocenters. The Hall–Kier alpha value is -6.30. The van der Waals surface area contributed by atoms with Crippen LogP contribution in [0.15, 0.2) is 60.4 Å². The summed E-state index contributed by atoms with van der Waals surface area (Å²) in [5.41, 5.74) is -16.5. The van der Waals surface area contributed by atoms with E-state index in [9.17, 15) is 28.3 Å². The van der Waals surface area contributed by atoms with Gasteiger partial charge in [0.05, 0.1) is 134 Å². The first-order valence-electron chi connectivity index (χ1n) is 75.8. The molecule has 0 aromatic heterocycles. The van der Waals surface area contributed by atoms with Gasteiger partial charge in [0.2, 0.25) is 0 Å². The summed E-state index contributed by atoms with van der Waals surface area (Å²) in [6.07, 6.45) is -54.5. The van der Waals surface area contributed by atoms with E-state index in [0.717, 1.165) is 35.5 Å². The average Bonchev–Trinajstić information content (AvgIpc) is 0.635. The van der Waals surface area contributed by atoms with Crippen LogP contribution in [0.2, 0.25) is 0 Å². The summed E-state index contributed by atoms with van der Waals surface area (Å²) in [7, 11) is -2.48. The Morgan fingerprint density at radius 3 is 0.915 bits per heavy atom. The highest BCUT2D eigenvalue weighted by atomic mass is 16.5. The summed E-state index contributed by atoms with van der Waals surface area (Å²) in [5.74, 6) is -22.3. The fraction of sp³-hybridized carbons (Fsp3) is 0.691. The molecule has 5 fully saturated rings. The SMILES string of the molecule is [2H]c1c(OC([2H])([2H])[2H])c(OC)c([2H])c2c1C1([2H])CC(O)C(CC(C)C)C([2H])([2H])N1C([2H])([2H])C2([2H])[2H].[2H]c1c(OC([2H])([2H])[2H])c(OC)c([2H])c2c1C1N(C([2H])([2H])C2([2H])[2H])C([2H])([2H])C([2H])(C([2H])([2H])C(C)(C([2H])([2H])[2H])C([2H])([2H])[2H])C([2H])(O)C1([2H])[2H].[2H]c1c(OC([2H])([2H])[2H])c(OC)c([2H])c2c1C1N(C([2H])([2H])C2([2H])[2H])C([2H])([2H])C([2H])(CC(C)C)C([2H])(O)C1([2H])[2H].[2H]c1c(OC)c(OC)c([2H])c2c1C1([2H])CC(O)C(CC(C)C)C([2H])([2H])N1C([2H])([2H])C2([2H])[2H].[2H]c1c(OC)c(OC)c([2H])c2c1C1N(C([2H])([2H])C2([2H])[2H])C([2H])([2H])C([2H])(C([2H])([2H])C(C)(C([2H])([2H])[2H])C([2H])([2H])[2H])C([2H])(O)C1([2H])[2H]. The average molecular weight is 1700 g/mol. The van der Waals surface area contributed by atoms with Gasteiger partial charge in [0.25, 0.3) is 0 Å². The van der Waals surface area contributed by atoms with E-state index in [1.807, 2.05) is 13.8 Å². The predicted octanol–water partition coefficient (Wildman–Crippen LogP) is 15.9. The van der Waals surface area contributed by atoms with Gasteiger partial charge in [-0.25, -0.2) is 0 Å². The van der Waals surface area contributed by atoms with Gasteiger partial charge in [0, 0.05) is 171 Å². The Balaban J connectivity index is 0.000000227. The van der Waals surface area contributed by atoms with E-state index < -0.39 is 470 Å². The van der Waals surface area contributed by atoms with Crippen molar-refractivity contribution in [3.63, 3.8) is 0 Å². The molecule has 10 aliphatic rings. The van der Waals surface area contributed by atoms with Crippen LogP contribution >= 0.6 is 0 Å². The van der Waals surface area contributed by atoms with Crippen LogP contribution in [0.4, 0.5) is 0 Å². The van der Waals surface area contributed by atoms with Crippen molar-refractivity contribution in [2.45, 2.75) is 239 Å². The molecule has 0 amide bonds. The molecule has 0 aliphatic carbocycles. The number of nitrogens with zero attached hydrogens (tertiary/aromatic N) is 5. The summed E-state index contributed by atoms with van der Waals surface area (Å²) in [6, 6.07) is -22.5. The van der Waals surface area contributed by atoms with E-state index in [1.54, 1.807) is 13.8 Å². The molecule has 5 saturated heterocycles. The van der Waals surface area contributed by atoms with E-state index in [-0.39, 0.29) is 59.8 Å². The number of aliphatic hydroxyl groups is 5. The Bertz CT molecular complexity index is 7920. The van der Waals surface area contributed by atoms with Crippen LogP contribution in [0.3, 0.4) is 0 Å². The minimum atomic E-state index is -4.69. The van der Waals surface area contributed by atoms with Gasteiger partial charge in [-0.15, -0.1) is 0 Å². The maximum Gasteiger partial charge on any atom is 0.161 e. The van der Waals surface area contributed by atoms with Gasteiger partial charge >= 0.3 is 0 Å². The molecule has 10 heterocycles. The van der Waals surface area contributed by atoms with Crippen LogP contribution in [0.25, 0.3) is 0 Å². The van der Waals surface area contributed by atoms with Crippen molar-refractivity contribution in [2.24, 2.45) is 58.1 Å². The van der Waals surface area contributed by atoms with E-state index in [4.69, 9.17) is 153 Å². The van der Waals surface area contributed by atoms with Gasteiger partial charge in [0.1, 0.15) is 0 Å². The van der Waals surface area contributed by atoms with Crippen LogP contribution < -0.4 is 47.4 Å². The normalized spacial score (nSPS) is 51.1. The van der Waals surface area contributed by atoms with Gasteiger partial charge < -0.3 is 72.9 Å². The first kappa shape index (κ1) is 33.4. The van der Waals surface area contributed by atoms with Crippen molar-refractivity contribution in [3.05, 3.63) is 116 Å². The molecule has 652 valence electrons. The molecule has 0 spiro atoms. The number of piperidine rings is 5. The Morgan fingerprint density at radius 1 is 0.376 bits per heavy atom. The lowest BCUT2D eigenvalue weighted by Gasteiger charge is -2.47. The summed E-state index contributed by atoms with van der Waals surface area (Å²) in [5, 5.41) is 56.3. The first-order chi connectivity index (χ1) is 86.5. The minimum absolute atomic E-state index is 0.0430. The smallest absolute Gasteiger partial charge is 0.161 e. The molecule has 20 nitrogen and oxygen atoms in total. The highest BCUT2D eigenvalue weighted by molar-refractivity contribution is 5.54. The second-order valence-electron chi connectivity index (χ2n) is 28.6. The zero-order valence-electron chi connectivity index (χ0n) is 145. The predicted molar refractivity (Wildman–Crippen MR) is 465 cm³/mol. The number of fused-ring (bicyclic) bond motifs is 15. The van der Waals surface area contributed by atoms with E-state index in [1.165, 1.54) is 28.1 Å². The second kappa shape index (κ2) is 40.1. The summed E-state index contributed by atoms with van der Waals surface area (Å²) in [4.78, 5) is 0.109. The number of methoxy groups -OCH3 is 10. The minimum Gasteiger partial charge on any atom is -0.493 e. The fourth-order valence-corrected chi connectivity index (χ4v) is 12.9. The molecule has 10 aliphatic heterocycles. The lowest BCUT2D eigenvalue weighted by Crippen LogP contribution is -2.48. The number of benzene rings is 5. The molecule has 117 heavy (non-hydrogen) atoms. The molecular formula is C97H149N5O15. The molecular weight excluding hydrogens is 1480 g/mol. The zero-order chi connectivity index (χ0) is 154. The third kappa shape index (κ3) is 22.0. The molecule has 15 unspecified atom stereocenters. The van der Waals surface area contributed by atoms with E-state index in [2.05, 4.69) is 0 Å². The molecule has 0 radical (unpaired) electrons. The summed E-state index contributed by atoms with van der Waals surface area (Å²) in [6.45, 7) is -40.5. The zero-order valence-corrected chi connectivity index (χ0v) is 66.4. The molecule has 0 bridgehead atoms. The Labute approximate surface area is 813 Å². The third-order valence-electron chi connectivity index (χ3n) is 18.1. The van der Waals surface area contributed by atoms with Crippen molar-refractivity contribution in [1.82, 2.24) is 24.5 Å². The first-order valence-corrected chi connectivity index (χ1v) is 36.3. The van der Waals surface area contributed by atoms with Crippen molar-refractivity contribution in [1.29, 1.82) is 0 Å². The van der Waals surface area contributed by atoms with Crippen molar-refractivity contribution in [3.8, 4) is 57.5 Å². The van der Waals surface area contributed by atoms with Crippen molar-refractivity contribution < 1.29 is 181 Å². The molecule has 5 N–H and O–H groups in total. The van der Waals surface area contributed by atoms with Crippen LogP contribution in [0, 0.1) is 58.1 Å². The molecule has 20 heteroatoms. The summed E-state index contributed by atoms with van der Waals surface area (Å²) < 4.78 is 720. The maximum absolute atomic E-state index is 11.6. The van der Waals surface area contributed by atoms with E-state index in [0.29, 0.717) is 9.80 Å². The van der Waals surface area contributed by atoms with Crippen LogP contribution in [-0.4, -0.2) is 216 Å². The Kier molecular flexibility index (Phi) is 11.5. The third-order valence-corrected chi connectivity index (χ3v) is 18.1. The number of aliphatic hydroxyl groups excluding tert-OH is 2. The number of ether oxygens (including phenoxy) is 10.